The number of ether oxygens (including phenoxy) is 2. The van der Waals surface area contributed by atoms with Crippen LogP contribution in [0.1, 0.15) is 31.2 Å². The lowest BCUT2D eigenvalue weighted by molar-refractivity contribution is -0.145. The van der Waals surface area contributed by atoms with Crippen molar-refractivity contribution < 1.29 is 14.3 Å². The van der Waals surface area contributed by atoms with Crippen molar-refractivity contribution in [1.82, 2.24) is 0 Å². The first kappa shape index (κ1) is 12.4. The molecule has 92 valence electrons. The van der Waals surface area contributed by atoms with Gasteiger partial charge in [0.15, 0.2) is 0 Å². The van der Waals surface area contributed by atoms with Crippen molar-refractivity contribution in [2.45, 2.75) is 25.7 Å². The molecule has 0 aromatic heterocycles. The van der Waals surface area contributed by atoms with Crippen LogP contribution in [0.2, 0.25) is 0 Å². The number of esters is 1. The molecule has 1 aliphatic rings. The molecule has 0 N–H and O–H groups in total. The number of rotatable bonds is 2. The summed E-state index contributed by atoms with van der Waals surface area (Å²) in [6, 6.07) is 5.77. The molecule has 0 saturated heterocycles. The molecule has 1 unspecified atom stereocenters. The first-order valence-corrected chi connectivity index (χ1v) is 6.60. The molecular formula is C13H15BrO3. The molecule has 0 amide bonds. The average molecular weight is 299 g/mol. The minimum atomic E-state index is -0.204. The Morgan fingerprint density at radius 3 is 3.18 bits per heavy atom. The second kappa shape index (κ2) is 5.54. The lowest BCUT2D eigenvalue weighted by atomic mass is 9.94. The third-order valence-corrected chi connectivity index (χ3v) is 3.31. The third-order valence-electron chi connectivity index (χ3n) is 2.81. The summed E-state index contributed by atoms with van der Waals surface area (Å²) in [5.74, 6) is 0.436. The maximum Gasteiger partial charge on any atom is 0.313 e. The van der Waals surface area contributed by atoms with Gasteiger partial charge in [0.25, 0.3) is 0 Å². The van der Waals surface area contributed by atoms with Gasteiger partial charge < -0.3 is 9.47 Å². The highest BCUT2D eigenvalue weighted by molar-refractivity contribution is 9.10. The number of hydrogen-bond donors (Lipinski definition) is 0. The molecule has 4 heteroatoms. The second-order valence-corrected chi connectivity index (χ2v) is 4.89. The summed E-state index contributed by atoms with van der Waals surface area (Å²) >= 11 is 3.42. The Hall–Kier alpha value is -1.03. The summed E-state index contributed by atoms with van der Waals surface area (Å²) in [6.45, 7) is 2.90. The third kappa shape index (κ3) is 2.80. The summed E-state index contributed by atoms with van der Waals surface area (Å²) < 4.78 is 11.7. The highest BCUT2D eigenvalue weighted by Gasteiger charge is 2.27. The SMILES string of the molecule is CCOC(=O)C1CCCOc2ccc(Br)cc21. The van der Waals surface area contributed by atoms with E-state index in [2.05, 4.69) is 15.9 Å². The van der Waals surface area contributed by atoms with Crippen molar-refractivity contribution in [3.05, 3.63) is 28.2 Å². The zero-order valence-corrected chi connectivity index (χ0v) is 11.3. The van der Waals surface area contributed by atoms with Crippen molar-refractivity contribution in [2.75, 3.05) is 13.2 Å². The molecule has 0 saturated carbocycles. The Labute approximate surface area is 109 Å². The largest absolute Gasteiger partial charge is 0.493 e. The van der Waals surface area contributed by atoms with Gasteiger partial charge in [-0.2, -0.15) is 0 Å². The number of carbonyl (C=O) groups excluding carboxylic acids is 1. The summed E-state index contributed by atoms with van der Waals surface area (Å²) in [7, 11) is 0. The van der Waals surface area contributed by atoms with E-state index in [1.165, 1.54) is 0 Å². The number of halogens is 1. The quantitative estimate of drug-likeness (QED) is 0.786. The normalized spacial score (nSPS) is 18.8. The van der Waals surface area contributed by atoms with E-state index < -0.39 is 0 Å². The van der Waals surface area contributed by atoms with E-state index in [4.69, 9.17) is 9.47 Å². The molecule has 0 fully saturated rings. The minimum Gasteiger partial charge on any atom is -0.493 e. The van der Waals surface area contributed by atoms with Gasteiger partial charge in [0.2, 0.25) is 0 Å². The molecule has 1 heterocycles. The molecule has 17 heavy (non-hydrogen) atoms. The highest BCUT2D eigenvalue weighted by Crippen LogP contribution is 2.35. The van der Waals surface area contributed by atoms with E-state index >= 15 is 0 Å². The van der Waals surface area contributed by atoms with E-state index in [1.54, 1.807) is 0 Å². The van der Waals surface area contributed by atoms with Crippen LogP contribution < -0.4 is 4.74 Å². The fourth-order valence-corrected chi connectivity index (χ4v) is 2.41. The molecule has 1 atom stereocenters. The maximum atomic E-state index is 11.9. The Balaban J connectivity index is 2.34. The van der Waals surface area contributed by atoms with Crippen LogP contribution in [-0.4, -0.2) is 19.2 Å². The van der Waals surface area contributed by atoms with E-state index in [-0.39, 0.29) is 11.9 Å². The molecule has 0 aliphatic carbocycles. The topological polar surface area (TPSA) is 35.5 Å². The Kier molecular flexibility index (Phi) is 4.05. The number of benzene rings is 1. The molecule has 1 aliphatic heterocycles. The van der Waals surface area contributed by atoms with E-state index in [0.29, 0.717) is 13.2 Å². The van der Waals surface area contributed by atoms with Gasteiger partial charge in [0.05, 0.1) is 19.1 Å². The summed E-state index contributed by atoms with van der Waals surface area (Å²) in [5, 5.41) is 0. The van der Waals surface area contributed by atoms with E-state index in [9.17, 15) is 4.79 Å². The van der Waals surface area contributed by atoms with Crippen molar-refractivity contribution in [3.8, 4) is 5.75 Å². The van der Waals surface area contributed by atoms with Crippen LogP contribution in [-0.2, 0) is 9.53 Å². The smallest absolute Gasteiger partial charge is 0.313 e. The second-order valence-electron chi connectivity index (χ2n) is 3.98. The molecule has 2 rings (SSSR count). The fraction of sp³-hybridized carbons (Fsp3) is 0.462. The molecule has 0 spiro atoms. The van der Waals surface area contributed by atoms with Crippen molar-refractivity contribution in [3.63, 3.8) is 0 Å². The predicted octanol–water partition coefficient (Wildman–Crippen LogP) is 3.27. The van der Waals surface area contributed by atoms with Crippen molar-refractivity contribution in [2.24, 2.45) is 0 Å². The Bertz CT molecular complexity index is 417. The van der Waals surface area contributed by atoms with Crippen LogP contribution in [0, 0.1) is 0 Å². The highest BCUT2D eigenvalue weighted by atomic mass is 79.9. The number of carbonyl (C=O) groups is 1. The van der Waals surface area contributed by atoms with Gasteiger partial charge in [-0.1, -0.05) is 15.9 Å². The van der Waals surface area contributed by atoms with Crippen LogP contribution >= 0.6 is 15.9 Å². The van der Waals surface area contributed by atoms with Gasteiger partial charge in [-0.3, -0.25) is 4.79 Å². The standard InChI is InChI=1S/C13H15BrO3/c1-2-16-13(15)10-4-3-7-17-12-6-5-9(14)8-11(10)12/h5-6,8,10H,2-4,7H2,1H3. The van der Waals surface area contributed by atoms with Gasteiger partial charge in [0, 0.05) is 10.0 Å². The van der Waals surface area contributed by atoms with Gasteiger partial charge in [-0.05, 0) is 38.0 Å². The van der Waals surface area contributed by atoms with E-state index in [1.807, 2.05) is 25.1 Å². The summed E-state index contributed by atoms with van der Waals surface area (Å²) in [5.41, 5.74) is 0.926. The van der Waals surface area contributed by atoms with Crippen molar-refractivity contribution >= 4 is 21.9 Å². The lowest BCUT2D eigenvalue weighted by Gasteiger charge is -2.15. The summed E-state index contributed by atoms with van der Waals surface area (Å²) in [6.07, 6.45) is 1.65. The predicted molar refractivity (Wildman–Crippen MR) is 68.2 cm³/mol. The molecule has 0 bridgehead atoms. The molecule has 3 nitrogen and oxygen atoms in total. The number of fused-ring (bicyclic) bond motifs is 1. The lowest BCUT2D eigenvalue weighted by Crippen LogP contribution is -2.15. The van der Waals surface area contributed by atoms with Crippen LogP contribution in [0.3, 0.4) is 0 Å². The zero-order valence-electron chi connectivity index (χ0n) is 9.74. The minimum absolute atomic E-state index is 0.155. The Morgan fingerprint density at radius 2 is 2.41 bits per heavy atom. The maximum absolute atomic E-state index is 11.9. The van der Waals surface area contributed by atoms with Crippen LogP contribution in [0.15, 0.2) is 22.7 Å². The first-order chi connectivity index (χ1) is 8.22. The van der Waals surface area contributed by atoms with Gasteiger partial charge in [0.1, 0.15) is 5.75 Å². The van der Waals surface area contributed by atoms with Crippen LogP contribution in [0.25, 0.3) is 0 Å². The molecular weight excluding hydrogens is 284 g/mol. The van der Waals surface area contributed by atoms with Gasteiger partial charge >= 0.3 is 5.97 Å². The van der Waals surface area contributed by atoms with Gasteiger partial charge in [-0.15, -0.1) is 0 Å². The van der Waals surface area contributed by atoms with Crippen molar-refractivity contribution in [1.29, 1.82) is 0 Å². The van der Waals surface area contributed by atoms with Crippen LogP contribution in [0.5, 0.6) is 5.75 Å². The first-order valence-electron chi connectivity index (χ1n) is 5.81. The number of hydrogen-bond acceptors (Lipinski definition) is 3. The zero-order chi connectivity index (χ0) is 12.3. The van der Waals surface area contributed by atoms with Crippen LogP contribution in [0.4, 0.5) is 0 Å². The molecule has 1 aromatic rings. The molecule has 1 aromatic carbocycles. The molecule has 0 radical (unpaired) electrons. The summed E-state index contributed by atoms with van der Waals surface area (Å²) in [4.78, 5) is 11.9. The van der Waals surface area contributed by atoms with E-state index in [0.717, 1.165) is 28.6 Å². The average Bonchev–Trinajstić information content (AvgIpc) is 2.51. The Morgan fingerprint density at radius 1 is 1.59 bits per heavy atom. The van der Waals surface area contributed by atoms with Gasteiger partial charge in [-0.25, -0.2) is 0 Å². The monoisotopic (exact) mass is 298 g/mol. The fourth-order valence-electron chi connectivity index (χ4n) is 2.04.